The van der Waals surface area contributed by atoms with Crippen molar-refractivity contribution < 1.29 is 9.59 Å². The lowest BCUT2D eigenvalue weighted by Gasteiger charge is -2.20. The molecule has 0 aliphatic heterocycles. The number of benzene rings is 3. The number of nitrogens with one attached hydrogen (secondary N) is 1. The summed E-state index contributed by atoms with van der Waals surface area (Å²) in [5.41, 5.74) is 3.80. The zero-order chi connectivity index (χ0) is 22.6. The molecule has 1 N–H and O–H groups in total. The van der Waals surface area contributed by atoms with E-state index >= 15 is 0 Å². The molecule has 0 aliphatic rings. The van der Waals surface area contributed by atoms with Crippen LogP contribution in [0.2, 0.25) is 5.02 Å². The van der Waals surface area contributed by atoms with E-state index < -0.39 is 0 Å². The molecule has 3 aromatic rings. The molecular weight excluding hydrogens is 426 g/mol. The molecule has 3 nitrogen and oxygen atoms in total. The molecule has 0 radical (unpaired) electrons. The number of aryl methyl sites for hydroxylation is 1. The fraction of sp³-hybridized carbons (Fsp3) is 0.231. The van der Waals surface area contributed by atoms with Gasteiger partial charge in [0, 0.05) is 21.0 Å². The normalized spacial score (nSPS) is 11.3. The van der Waals surface area contributed by atoms with Crippen LogP contribution < -0.4 is 5.32 Å². The predicted molar refractivity (Wildman–Crippen MR) is 131 cm³/mol. The maximum atomic E-state index is 12.9. The second-order valence-electron chi connectivity index (χ2n) is 8.45. The van der Waals surface area contributed by atoms with E-state index in [1.54, 1.807) is 42.5 Å². The van der Waals surface area contributed by atoms with Crippen LogP contribution in [0.15, 0.2) is 71.6 Å². The van der Waals surface area contributed by atoms with Gasteiger partial charge in [-0.3, -0.25) is 9.59 Å². The Hall–Kier alpha value is -2.56. The molecule has 0 bridgehead atoms. The van der Waals surface area contributed by atoms with Crippen molar-refractivity contribution in [2.75, 3.05) is 11.1 Å². The molecule has 0 unspecified atom stereocenters. The molecule has 0 saturated heterocycles. The average molecular weight is 452 g/mol. The van der Waals surface area contributed by atoms with E-state index in [1.165, 1.54) is 17.3 Å². The smallest absolute Gasteiger partial charge is 0.234 e. The SMILES string of the molecule is Cc1ccc(C(C)(C)C)cc1SCC(=O)Nc1ccc(Cl)cc1C(=O)c1ccccc1. The molecule has 5 heteroatoms. The Balaban J connectivity index is 1.75. The van der Waals surface area contributed by atoms with Crippen molar-refractivity contribution in [1.82, 2.24) is 0 Å². The van der Waals surface area contributed by atoms with E-state index in [1.807, 2.05) is 13.0 Å². The number of carbonyl (C=O) groups excluding carboxylic acids is 2. The zero-order valence-electron chi connectivity index (χ0n) is 18.2. The number of rotatable bonds is 6. The molecule has 3 aromatic carbocycles. The largest absolute Gasteiger partial charge is 0.325 e. The van der Waals surface area contributed by atoms with Crippen LogP contribution in [0.3, 0.4) is 0 Å². The van der Waals surface area contributed by atoms with Gasteiger partial charge in [-0.1, -0.05) is 74.8 Å². The van der Waals surface area contributed by atoms with Gasteiger partial charge in [-0.2, -0.15) is 0 Å². The third kappa shape index (κ3) is 5.99. The molecule has 31 heavy (non-hydrogen) atoms. The van der Waals surface area contributed by atoms with Crippen LogP contribution in [0.25, 0.3) is 0 Å². The highest BCUT2D eigenvalue weighted by Crippen LogP contribution is 2.30. The van der Waals surface area contributed by atoms with Crippen LogP contribution in [-0.2, 0) is 10.2 Å². The van der Waals surface area contributed by atoms with E-state index in [-0.39, 0.29) is 22.9 Å². The minimum atomic E-state index is -0.181. The quantitative estimate of drug-likeness (QED) is 0.327. The molecule has 0 fully saturated rings. The van der Waals surface area contributed by atoms with E-state index in [4.69, 9.17) is 11.6 Å². The van der Waals surface area contributed by atoms with Gasteiger partial charge in [-0.15, -0.1) is 11.8 Å². The Kier molecular flexibility index (Phi) is 7.24. The molecule has 3 rings (SSSR count). The fourth-order valence-electron chi connectivity index (χ4n) is 3.11. The maximum Gasteiger partial charge on any atom is 0.234 e. The summed E-state index contributed by atoms with van der Waals surface area (Å²) >= 11 is 7.62. The fourth-order valence-corrected chi connectivity index (χ4v) is 4.15. The minimum absolute atomic E-state index is 0.0429. The monoisotopic (exact) mass is 451 g/mol. The highest BCUT2D eigenvalue weighted by Gasteiger charge is 2.18. The number of carbonyl (C=O) groups is 2. The summed E-state index contributed by atoms with van der Waals surface area (Å²) in [6.45, 7) is 8.56. The topological polar surface area (TPSA) is 46.2 Å². The van der Waals surface area contributed by atoms with Gasteiger partial charge in [-0.05, 0) is 47.7 Å². The van der Waals surface area contributed by atoms with Gasteiger partial charge >= 0.3 is 0 Å². The molecule has 0 aromatic heterocycles. The van der Waals surface area contributed by atoms with Gasteiger partial charge in [0.05, 0.1) is 11.4 Å². The molecule has 0 saturated carbocycles. The lowest BCUT2D eigenvalue weighted by atomic mass is 9.87. The van der Waals surface area contributed by atoms with E-state index in [0.717, 1.165) is 10.5 Å². The van der Waals surface area contributed by atoms with Crippen molar-refractivity contribution in [3.05, 3.63) is 94.0 Å². The Labute approximate surface area is 193 Å². The summed E-state index contributed by atoms with van der Waals surface area (Å²) in [4.78, 5) is 26.7. The molecular formula is C26H26ClNO2S. The van der Waals surface area contributed by atoms with Crippen LogP contribution in [0.4, 0.5) is 5.69 Å². The van der Waals surface area contributed by atoms with Crippen molar-refractivity contribution in [3.63, 3.8) is 0 Å². The van der Waals surface area contributed by atoms with Crippen molar-refractivity contribution in [1.29, 1.82) is 0 Å². The lowest BCUT2D eigenvalue weighted by molar-refractivity contribution is -0.113. The first-order valence-electron chi connectivity index (χ1n) is 10.1. The Morgan fingerprint density at radius 2 is 1.68 bits per heavy atom. The first-order chi connectivity index (χ1) is 14.6. The van der Waals surface area contributed by atoms with Crippen molar-refractivity contribution >= 4 is 40.7 Å². The number of anilines is 1. The molecule has 0 aliphatic carbocycles. The Morgan fingerprint density at radius 3 is 2.35 bits per heavy atom. The number of halogens is 1. The summed E-state index contributed by atoms with van der Waals surface area (Å²) in [5, 5.41) is 3.33. The third-order valence-electron chi connectivity index (χ3n) is 4.95. The van der Waals surface area contributed by atoms with Crippen LogP contribution in [0, 0.1) is 6.92 Å². The summed E-state index contributed by atoms with van der Waals surface area (Å²) in [6.07, 6.45) is 0. The first kappa shape index (κ1) is 23.1. The average Bonchev–Trinajstić information content (AvgIpc) is 2.73. The Morgan fingerprint density at radius 1 is 0.968 bits per heavy atom. The molecule has 0 spiro atoms. The third-order valence-corrected chi connectivity index (χ3v) is 6.34. The standard InChI is InChI=1S/C26H26ClNO2S/c1-17-10-11-19(26(2,3)4)14-23(17)31-16-24(29)28-22-13-12-20(27)15-21(22)25(30)18-8-6-5-7-9-18/h5-15H,16H2,1-4H3,(H,28,29). The summed E-state index contributed by atoms with van der Waals surface area (Å²) in [5.74, 6) is -0.106. The maximum absolute atomic E-state index is 12.9. The van der Waals surface area contributed by atoms with Gasteiger partial charge in [0.15, 0.2) is 5.78 Å². The van der Waals surface area contributed by atoms with Crippen LogP contribution >= 0.6 is 23.4 Å². The number of hydrogen-bond donors (Lipinski definition) is 1. The van der Waals surface area contributed by atoms with Gasteiger partial charge < -0.3 is 5.32 Å². The summed E-state index contributed by atoms with van der Waals surface area (Å²) in [7, 11) is 0. The predicted octanol–water partition coefficient (Wildman–Crippen LogP) is 6.91. The lowest BCUT2D eigenvalue weighted by Crippen LogP contribution is -2.17. The number of thioether (sulfide) groups is 1. The first-order valence-corrected chi connectivity index (χ1v) is 11.4. The molecule has 0 atom stereocenters. The van der Waals surface area contributed by atoms with Crippen molar-refractivity contribution in [2.24, 2.45) is 0 Å². The second kappa shape index (κ2) is 9.71. The number of hydrogen-bond acceptors (Lipinski definition) is 3. The highest BCUT2D eigenvalue weighted by atomic mass is 35.5. The minimum Gasteiger partial charge on any atom is -0.325 e. The second-order valence-corrected chi connectivity index (χ2v) is 9.91. The van der Waals surface area contributed by atoms with E-state index in [2.05, 4.69) is 44.3 Å². The van der Waals surface area contributed by atoms with Crippen molar-refractivity contribution in [3.8, 4) is 0 Å². The Bertz CT molecular complexity index is 1100. The van der Waals surface area contributed by atoms with Gasteiger partial charge in [0.2, 0.25) is 5.91 Å². The van der Waals surface area contributed by atoms with E-state index in [0.29, 0.717) is 21.8 Å². The number of ketones is 1. The summed E-state index contributed by atoms with van der Waals surface area (Å²) in [6, 6.07) is 20.3. The van der Waals surface area contributed by atoms with Crippen LogP contribution in [0.1, 0.15) is 47.8 Å². The van der Waals surface area contributed by atoms with Crippen LogP contribution in [0.5, 0.6) is 0 Å². The van der Waals surface area contributed by atoms with Gasteiger partial charge in [0.25, 0.3) is 0 Å². The highest BCUT2D eigenvalue weighted by molar-refractivity contribution is 8.00. The molecule has 160 valence electrons. The number of amides is 1. The molecule has 0 heterocycles. The summed E-state index contributed by atoms with van der Waals surface area (Å²) < 4.78 is 0. The van der Waals surface area contributed by atoms with Gasteiger partial charge in [0.1, 0.15) is 0 Å². The zero-order valence-corrected chi connectivity index (χ0v) is 19.7. The van der Waals surface area contributed by atoms with Gasteiger partial charge in [-0.25, -0.2) is 0 Å². The molecule has 1 amide bonds. The van der Waals surface area contributed by atoms with Crippen molar-refractivity contribution in [2.45, 2.75) is 38.0 Å². The van der Waals surface area contributed by atoms with E-state index in [9.17, 15) is 9.59 Å². The van der Waals surface area contributed by atoms with Crippen LogP contribution in [-0.4, -0.2) is 17.4 Å².